The minimum atomic E-state index is 0.926. The Balaban J connectivity index is 2.25. The second-order valence-corrected chi connectivity index (χ2v) is 4.01. The van der Waals surface area contributed by atoms with E-state index in [4.69, 9.17) is 0 Å². The Morgan fingerprint density at radius 1 is 0.938 bits per heavy atom. The van der Waals surface area contributed by atoms with Crippen LogP contribution in [0.2, 0.25) is 0 Å². The standard InChI is InChI=1S/C15H13N/c1-2-6-12-9-10-13-7-4-5-11-16-15(13)14(12)8-3-1/h1-4,6-7,9-11H,5,8H2. The number of hydrogen-bond donors (Lipinski definition) is 0. The van der Waals surface area contributed by atoms with Crippen molar-refractivity contribution in [2.24, 2.45) is 4.99 Å². The highest BCUT2D eigenvalue weighted by Crippen LogP contribution is 2.32. The molecule has 0 aromatic heterocycles. The summed E-state index contributed by atoms with van der Waals surface area (Å²) in [6.07, 6.45) is 16.7. The first-order valence-electron chi connectivity index (χ1n) is 5.63. The van der Waals surface area contributed by atoms with Crippen LogP contribution in [0, 0.1) is 0 Å². The normalized spacial score (nSPS) is 16.5. The van der Waals surface area contributed by atoms with Crippen LogP contribution in [0.5, 0.6) is 0 Å². The fourth-order valence-electron chi connectivity index (χ4n) is 2.15. The van der Waals surface area contributed by atoms with Gasteiger partial charge in [-0.15, -0.1) is 0 Å². The van der Waals surface area contributed by atoms with E-state index in [0.717, 1.165) is 18.5 Å². The van der Waals surface area contributed by atoms with Crippen molar-refractivity contribution in [2.45, 2.75) is 12.8 Å². The van der Waals surface area contributed by atoms with Gasteiger partial charge in [-0.1, -0.05) is 48.6 Å². The molecule has 0 spiro atoms. The van der Waals surface area contributed by atoms with E-state index in [9.17, 15) is 0 Å². The Bertz CT molecular complexity index is 531. The van der Waals surface area contributed by atoms with E-state index < -0.39 is 0 Å². The second kappa shape index (κ2) is 3.93. The number of benzene rings is 1. The molecule has 0 bridgehead atoms. The summed E-state index contributed by atoms with van der Waals surface area (Å²) in [5.74, 6) is 0. The molecule has 1 heteroatoms. The molecular formula is C15H13N. The lowest BCUT2D eigenvalue weighted by Gasteiger charge is -2.09. The summed E-state index contributed by atoms with van der Waals surface area (Å²) >= 11 is 0. The van der Waals surface area contributed by atoms with E-state index in [1.807, 2.05) is 6.21 Å². The maximum absolute atomic E-state index is 4.59. The molecule has 0 atom stereocenters. The summed E-state index contributed by atoms with van der Waals surface area (Å²) in [4.78, 5) is 4.59. The highest BCUT2D eigenvalue weighted by molar-refractivity contribution is 5.80. The van der Waals surface area contributed by atoms with Crippen LogP contribution in [-0.2, 0) is 6.42 Å². The highest BCUT2D eigenvalue weighted by atomic mass is 14.7. The molecule has 0 N–H and O–H groups in total. The SMILES string of the molecule is C1=CCc2c(ccc3c2N=CCC=C3)C=C1. The topological polar surface area (TPSA) is 12.4 Å². The summed E-state index contributed by atoms with van der Waals surface area (Å²) < 4.78 is 0. The number of fused-ring (bicyclic) bond motifs is 3. The second-order valence-electron chi connectivity index (χ2n) is 4.01. The fraction of sp³-hybridized carbons (Fsp3) is 0.133. The van der Waals surface area contributed by atoms with E-state index in [1.165, 1.54) is 16.7 Å². The third kappa shape index (κ3) is 1.54. The van der Waals surface area contributed by atoms with Crippen LogP contribution in [0.1, 0.15) is 23.1 Å². The molecule has 3 rings (SSSR count). The van der Waals surface area contributed by atoms with Gasteiger partial charge in [0.2, 0.25) is 0 Å². The van der Waals surface area contributed by atoms with E-state index in [2.05, 4.69) is 53.6 Å². The summed E-state index contributed by atoms with van der Waals surface area (Å²) in [6.45, 7) is 0. The van der Waals surface area contributed by atoms with Gasteiger partial charge in [-0.25, -0.2) is 0 Å². The van der Waals surface area contributed by atoms with Crippen LogP contribution in [0.4, 0.5) is 5.69 Å². The minimum absolute atomic E-state index is 0.926. The number of nitrogens with zero attached hydrogens (tertiary/aromatic N) is 1. The van der Waals surface area contributed by atoms with Crippen molar-refractivity contribution in [3.8, 4) is 0 Å². The first-order valence-corrected chi connectivity index (χ1v) is 5.63. The molecule has 1 aliphatic carbocycles. The van der Waals surface area contributed by atoms with E-state index in [-0.39, 0.29) is 0 Å². The zero-order chi connectivity index (χ0) is 10.8. The van der Waals surface area contributed by atoms with Crippen LogP contribution in [-0.4, -0.2) is 6.21 Å². The predicted molar refractivity (Wildman–Crippen MR) is 70.1 cm³/mol. The third-order valence-electron chi connectivity index (χ3n) is 2.95. The van der Waals surface area contributed by atoms with Gasteiger partial charge in [-0.05, 0) is 17.5 Å². The quantitative estimate of drug-likeness (QED) is 0.611. The van der Waals surface area contributed by atoms with Gasteiger partial charge in [0.25, 0.3) is 0 Å². The van der Waals surface area contributed by atoms with E-state index in [1.54, 1.807) is 0 Å². The molecule has 0 unspecified atom stereocenters. The number of aliphatic imine (C=N–C) groups is 1. The number of hydrogen-bond acceptors (Lipinski definition) is 1. The summed E-state index contributed by atoms with van der Waals surface area (Å²) in [7, 11) is 0. The van der Waals surface area contributed by atoms with Gasteiger partial charge in [-0.3, -0.25) is 4.99 Å². The number of allylic oxidation sites excluding steroid dienone is 4. The number of rotatable bonds is 0. The van der Waals surface area contributed by atoms with Crippen LogP contribution >= 0.6 is 0 Å². The summed E-state index contributed by atoms with van der Waals surface area (Å²) in [5.41, 5.74) is 5.00. The van der Waals surface area contributed by atoms with Gasteiger partial charge in [0.1, 0.15) is 0 Å². The van der Waals surface area contributed by atoms with Gasteiger partial charge in [-0.2, -0.15) is 0 Å². The summed E-state index contributed by atoms with van der Waals surface area (Å²) in [5, 5.41) is 0. The molecule has 0 saturated carbocycles. The summed E-state index contributed by atoms with van der Waals surface area (Å²) in [6, 6.07) is 4.34. The molecule has 1 nitrogen and oxygen atoms in total. The third-order valence-corrected chi connectivity index (χ3v) is 2.95. The van der Waals surface area contributed by atoms with Gasteiger partial charge < -0.3 is 0 Å². The zero-order valence-corrected chi connectivity index (χ0v) is 9.06. The molecule has 2 aliphatic rings. The Labute approximate surface area is 95.5 Å². The zero-order valence-electron chi connectivity index (χ0n) is 9.06. The van der Waals surface area contributed by atoms with Crippen molar-refractivity contribution in [1.82, 2.24) is 0 Å². The molecule has 78 valence electrons. The highest BCUT2D eigenvalue weighted by Gasteiger charge is 2.10. The van der Waals surface area contributed by atoms with Crippen molar-refractivity contribution in [3.05, 3.63) is 53.1 Å². The molecule has 1 heterocycles. The Hall–Kier alpha value is -1.89. The molecule has 0 saturated heterocycles. The average molecular weight is 207 g/mol. The smallest absolute Gasteiger partial charge is 0.0739 e. The first-order chi connectivity index (χ1) is 7.95. The van der Waals surface area contributed by atoms with Crippen LogP contribution in [0.3, 0.4) is 0 Å². The molecular weight excluding hydrogens is 194 g/mol. The molecule has 0 fully saturated rings. The van der Waals surface area contributed by atoms with Crippen LogP contribution in [0.15, 0.2) is 41.4 Å². The van der Waals surface area contributed by atoms with Gasteiger partial charge in [0, 0.05) is 18.2 Å². The van der Waals surface area contributed by atoms with Crippen molar-refractivity contribution < 1.29 is 0 Å². The van der Waals surface area contributed by atoms with Crippen LogP contribution in [0.25, 0.3) is 12.2 Å². The van der Waals surface area contributed by atoms with Crippen molar-refractivity contribution >= 4 is 24.1 Å². The molecule has 16 heavy (non-hydrogen) atoms. The maximum Gasteiger partial charge on any atom is 0.0739 e. The minimum Gasteiger partial charge on any atom is -0.260 e. The Morgan fingerprint density at radius 2 is 1.88 bits per heavy atom. The molecule has 0 radical (unpaired) electrons. The first kappa shape index (κ1) is 9.34. The average Bonchev–Trinajstić information content (AvgIpc) is 2.68. The lowest BCUT2D eigenvalue weighted by molar-refractivity contribution is 1.24. The van der Waals surface area contributed by atoms with E-state index >= 15 is 0 Å². The van der Waals surface area contributed by atoms with Crippen molar-refractivity contribution in [2.75, 3.05) is 0 Å². The van der Waals surface area contributed by atoms with Gasteiger partial charge >= 0.3 is 0 Å². The van der Waals surface area contributed by atoms with E-state index in [0.29, 0.717) is 0 Å². The van der Waals surface area contributed by atoms with Gasteiger partial charge in [0.15, 0.2) is 0 Å². The molecule has 0 amide bonds. The van der Waals surface area contributed by atoms with Crippen LogP contribution < -0.4 is 0 Å². The monoisotopic (exact) mass is 207 g/mol. The predicted octanol–water partition coefficient (Wildman–Crippen LogP) is 3.93. The largest absolute Gasteiger partial charge is 0.260 e. The Kier molecular flexibility index (Phi) is 2.30. The molecule has 1 aromatic carbocycles. The van der Waals surface area contributed by atoms with Crippen molar-refractivity contribution in [3.63, 3.8) is 0 Å². The lowest BCUT2D eigenvalue weighted by atomic mass is 9.98. The molecule has 1 aliphatic heterocycles. The van der Waals surface area contributed by atoms with Crippen molar-refractivity contribution in [1.29, 1.82) is 0 Å². The molecule has 1 aromatic rings. The Morgan fingerprint density at radius 3 is 2.88 bits per heavy atom. The van der Waals surface area contributed by atoms with Gasteiger partial charge in [0.05, 0.1) is 5.69 Å². The lowest BCUT2D eigenvalue weighted by Crippen LogP contribution is -1.90. The fourth-order valence-corrected chi connectivity index (χ4v) is 2.15. The maximum atomic E-state index is 4.59.